The Morgan fingerprint density at radius 3 is 2.53 bits per heavy atom. The highest BCUT2D eigenvalue weighted by atomic mass is 35.5. The highest BCUT2D eigenvalue weighted by molar-refractivity contribution is 6.30. The number of benzene rings is 1. The molecule has 0 bridgehead atoms. The Kier molecular flexibility index (Phi) is 6.71. The Balaban J connectivity index is 1.60. The number of nitrogens with zero attached hydrogens (tertiary/aromatic N) is 3. The van der Waals surface area contributed by atoms with E-state index in [0.29, 0.717) is 49.0 Å². The maximum atomic E-state index is 13.0. The minimum absolute atomic E-state index is 0.214. The predicted molar refractivity (Wildman–Crippen MR) is 120 cm³/mol. The van der Waals surface area contributed by atoms with E-state index in [9.17, 15) is 14.4 Å². The molecule has 1 aromatic rings. The molecule has 2 heterocycles. The lowest BCUT2D eigenvalue weighted by Crippen LogP contribution is -2.53. The third-order valence-electron chi connectivity index (χ3n) is 6.24. The number of piperazine rings is 1. The molecule has 9 heteroatoms. The molecule has 1 atom stereocenters. The lowest BCUT2D eigenvalue weighted by Gasteiger charge is -2.39. The minimum atomic E-state index is -0.649. The summed E-state index contributed by atoms with van der Waals surface area (Å²) in [5, 5.41) is 3.43. The van der Waals surface area contributed by atoms with Crippen molar-refractivity contribution >= 4 is 29.5 Å². The average Bonchev–Trinajstić information content (AvgIpc) is 3.62. The summed E-state index contributed by atoms with van der Waals surface area (Å²) in [4.78, 5) is 43.8. The van der Waals surface area contributed by atoms with Crippen LogP contribution in [0.2, 0.25) is 5.02 Å². The molecule has 1 N–H and O–H groups in total. The number of likely N-dealkylation sites (N-methyl/N-ethyl adjacent to an activating group) is 1. The van der Waals surface area contributed by atoms with Crippen LogP contribution in [0, 0.1) is 5.92 Å². The first-order chi connectivity index (χ1) is 15.4. The second-order valence-corrected chi connectivity index (χ2v) is 8.89. The number of rotatable bonds is 6. The van der Waals surface area contributed by atoms with Crippen LogP contribution in [-0.4, -0.2) is 79.0 Å². The maximum absolute atomic E-state index is 13.0. The molecule has 0 spiro atoms. The summed E-state index contributed by atoms with van der Waals surface area (Å²) in [6, 6.07) is 6.18. The monoisotopic (exact) mass is 460 g/mol. The topological polar surface area (TPSA) is 82.2 Å². The van der Waals surface area contributed by atoms with Crippen LogP contribution in [0.1, 0.15) is 31.4 Å². The molecule has 0 radical (unpaired) electrons. The third kappa shape index (κ3) is 4.76. The average molecular weight is 461 g/mol. The van der Waals surface area contributed by atoms with Crippen molar-refractivity contribution < 1.29 is 19.1 Å². The fraction of sp³-hybridized carbons (Fsp3) is 0.522. The second kappa shape index (κ2) is 9.50. The van der Waals surface area contributed by atoms with E-state index in [1.807, 2.05) is 11.0 Å². The van der Waals surface area contributed by atoms with Gasteiger partial charge in [-0.3, -0.25) is 14.6 Å². The first-order valence-electron chi connectivity index (χ1n) is 11.1. The largest absolute Gasteiger partial charge is 0.463 e. The molecular formula is C23H29ClN4O4. The first-order valence-corrected chi connectivity index (χ1v) is 11.5. The number of esters is 1. The van der Waals surface area contributed by atoms with Gasteiger partial charge in [0.1, 0.15) is 0 Å². The van der Waals surface area contributed by atoms with E-state index in [4.69, 9.17) is 16.3 Å². The molecule has 172 valence electrons. The van der Waals surface area contributed by atoms with E-state index in [2.05, 4.69) is 10.2 Å². The third-order valence-corrected chi connectivity index (χ3v) is 6.47. The van der Waals surface area contributed by atoms with Gasteiger partial charge in [-0.2, -0.15) is 0 Å². The van der Waals surface area contributed by atoms with E-state index in [1.54, 1.807) is 32.2 Å². The molecule has 1 saturated heterocycles. The molecule has 0 unspecified atom stereocenters. The molecule has 1 aliphatic carbocycles. The van der Waals surface area contributed by atoms with Crippen molar-refractivity contribution in [2.75, 3.05) is 46.4 Å². The molecule has 32 heavy (non-hydrogen) atoms. The van der Waals surface area contributed by atoms with Gasteiger partial charge in [-0.1, -0.05) is 23.7 Å². The number of nitrogens with one attached hydrogen (secondary N) is 1. The summed E-state index contributed by atoms with van der Waals surface area (Å²) in [6.45, 7) is 5.10. The van der Waals surface area contributed by atoms with E-state index < -0.39 is 12.0 Å². The van der Waals surface area contributed by atoms with Crippen molar-refractivity contribution in [3.05, 3.63) is 46.1 Å². The van der Waals surface area contributed by atoms with Gasteiger partial charge in [0.05, 0.1) is 18.2 Å². The Morgan fingerprint density at radius 2 is 1.91 bits per heavy atom. The van der Waals surface area contributed by atoms with Gasteiger partial charge < -0.3 is 15.0 Å². The number of hydrogen-bond acceptors (Lipinski definition) is 5. The fourth-order valence-electron chi connectivity index (χ4n) is 4.26. The predicted octanol–water partition coefficient (Wildman–Crippen LogP) is 2.41. The van der Waals surface area contributed by atoms with E-state index in [0.717, 1.165) is 18.4 Å². The van der Waals surface area contributed by atoms with Crippen molar-refractivity contribution in [1.82, 2.24) is 20.0 Å². The summed E-state index contributed by atoms with van der Waals surface area (Å²) in [5.41, 5.74) is 1.74. The van der Waals surface area contributed by atoms with Crippen molar-refractivity contribution in [3.63, 3.8) is 0 Å². The molecule has 1 aromatic carbocycles. The van der Waals surface area contributed by atoms with Crippen molar-refractivity contribution in [2.45, 2.75) is 25.8 Å². The van der Waals surface area contributed by atoms with Crippen LogP contribution in [-0.2, 0) is 14.3 Å². The van der Waals surface area contributed by atoms with Gasteiger partial charge in [-0.15, -0.1) is 0 Å². The summed E-state index contributed by atoms with van der Waals surface area (Å²) < 4.78 is 5.37. The van der Waals surface area contributed by atoms with Crippen LogP contribution in [0.25, 0.3) is 0 Å². The Morgan fingerprint density at radius 1 is 1.19 bits per heavy atom. The number of carbonyl (C=O) groups excluding carboxylic acids is 3. The van der Waals surface area contributed by atoms with Gasteiger partial charge in [0.15, 0.2) is 0 Å². The quantitative estimate of drug-likeness (QED) is 0.659. The Bertz CT molecular complexity index is 938. The number of hydrogen-bond donors (Lipinski definition) is 1. The van der Waals surface area contributed by atoms with Crippen LogP contribution < -0.4 is 5.32 Å². The number of urea groups is 1. The summed E-state index contributed by atoms with van der Waals surface area (Å²) in [5.74, 6) is 0.0134. The van der Waals surface area contributed by atoms with Crippen LogP contribution in [0.4, 0.5) is 4.79 Å². The lowest BCUT2D eigenvalue weighted by atomic mass is 9.94. The van der Waals surface area contributed by atoms with Crippen molar-refractivity contribution in [1.29, 1.82) is 0 Å². The van der Waals surface area contributed by atoms with Crippen molar-refractivity contribution in [2.24, 2.45) is 5.92 Å². The van der Waals surface area contributed by atoms with Gasteiger partial charge in [-0.25, -0.2) is 9.59 Å². The Labute approximate surface area is 193 Å². The summed E-state index contributed by atoms with van der Waals surface area (Å²) >= 11 is 6.18. The van der Waals surface area contributed by atoms with Gasteiger partial charge >= 0.3 is 12.0 Å². The number of amides is 3. The first kappa shape index (κ1) is 22.6. The van der Waals surface area contributed by atoms with Gasteiger partial charge in [0.25, 0.3) is 0 Å². The van der Waals surface area contributed by atoms with Crippen LogP contribution in [0.3, 0.4) is 0 Å². The molecule has 8 nitrogen and oxygen atoms in total. The summed E-state index contributed by atoms with van der Waals surface area (Å²) in [6.07, 6.45) is 2.00. The SMILES string of the molecule is CCOC(=O)C1=C(CN2CCN(C(=O)C3CC3)CC2)N(C)C(=O)N[C@@H]1c1cccc(Cl)c1. The number of ether oxygens (including phenoxy) is 1. The highest BCUT2D eigenvalue weighted by Gasteiger charge is 2.39. The summed E-state index contributed by atoms with van der Waals surface area (Å²) in [7, 11) is 1.66. The molecule has 3 amide bonds. The zero-order chi connectivity index (χ0) is 22.8. The Hall–Kier alpha value is -2.58. The highest BCUT2D eigenvalue weighted by Crippen LogP contribution is 2.33. The normalized spacial score (nSPS) is 22.1. The molecular weight excluding hydrogens is 432 g/mol. The number of carbonyl (C=O) groups is 3. The van der Waals surface area contributed by atoms with E-state index in [1.165, 1.54) is 4.90 Å². The van der Waals surface area contributed by atoms with E-state index >= 15 is 0 Å². The molecule has 3 aliphatic rings. The van der Waals surface area contributed by atoms with Gasteiger partial charge in [-0.05, 0) is 37.5 Å². The van der Waals surface area contributed by atoms with Crippen molar-refractivity contribution in [3.8, 4) is 0 Å². The zero-order valence-corrected chi connectivity index (χ0v) is 19.2. The lowest BCUT2D eigenvalue weighted by molar-refractivity contribution is -0.139. The molecule has 4 rings (SSSR count). The second-order valence-electron chi connectivity index (χ2n) is 8.45. The smallest absolute Gasteiger partial charge is 0.338 e. The molecule has 2 aliphatic heterocycles. The van der Waals surface area contributed by atoms with Gasteiger partial charge in [0.2, 0.25) is 5.91 Å². The zero-order valence-electron chi connectivity index (χ0n) is 18.5. The van der Waals surface area contributed by atoms with Crippen LogP contribution >= 0.6 is 11.6 Å². The van der Waals surface area contributed by atoms with Crippen LogP contribution in [0.15, 0.2) is 35.5 Å². The standard InChI is InChI=1S/C23H29ClN4O4/c1-3-32-22(30)19-18(14-27-9-11-28(12-10-27)21(29)15-7-8-15)26(2)23(31)25-20(19)16-5-4-6-17(24)13-16/h4-6,13,15,20H,3,7-12,14H2,1-2H3,(H,25,31)/t20-/m1/s1. The fourth-order valence-corrected chi connectivity index (χ4v) is 4.46. The van der Waals surface area contributed by atoms with Gasteiger partial charge in [0, 0.05) is 56.4 Å². The van der Waals surface area contributed by atoms with E-state index in [-0.39, 0.29) is 24.5 Å². The van der Waals surface area contributed by atoms with Crippen LogP contribution in [0.5, 0.6) is 0 Å². The number of halogens is 1. The molecule has 1 saturated carbocycles. The molecule has 0 aromatic heterocycles. The maximum Gasteiger partial charge on any atom is 0.338 e. The minimum Gasteiger partial charge on any atom is -0.463 e. The molecule has 2 fully saturated rings.